The number of carbonyl (C=O) groups excluding carboxylic acids is 1. The fourth-order valence-corrected chi connectivity index (χ4v) is 3.14. The second-order valence-electron chi connectivity index (χ2n) is 4.79. The van der Waals surface area contributed by atoms with Gasteiger partial charge in [-0.25, -0.2) is 13.1 Å². The number of methoxy groups -OCH3 is 1. The van der Waals surface area contributed by atoms with Gasteiger partial charge in [0.1, 0.15) is 0 Å². The third kappa shape index (κ3) is 6.24. The molecule has 0 aliphatic rings. The highest BCUT2D eigenvalue weighted by molar-refractivity contribution is 7.88. The van der Waals surface area contributed by atoms with Crippen molar-refractivity contribution in [3.05, 3.63) is 34.9 Å². The van der Waals surface area contributed by atoms with Crippen LogP contribution in [-0.4, -0.2) is 41.1 Å². The Kier molecular flexibility index (Phi) is 6.80. The van der Waals surface area contributed by atoms with E-state index in [0.29, 0.717) is 13.2 Å². The molecule has 0 aliphatic heterocycles. The van der Waals surface area contributed by atoms with Crippen LogP contribution in [0.15, 0.2) is 18.2 Å². The van der Waals surface area contributed by atoms with Crippen LogP contribution in [0.1, 0.15) is 16.7 Å². The summed E-state index contributed by atoms with van der Waals surface area (Å²) < 4.78 is 31.1. The zero-order valence-electron chi connectivity index (χ0n) is 12.6. The van der Waals surface area contributed by atoms with E-state index in [4.69, 9.17) is 4.74 Å². The molecule has 1 aromatic rings. The molecule has 0 aromatic heterocycles. The number of benzene rings is 1. The summed E-state index contributed by atoms with van der Waals surface area (Å²) in [5, 5.41) is 2.55. The van der Waals surface area contributed by atoms with Crippen molar-refractivity contribution < 1.29 is 17.9 Å². The van der Waals surface area contributed by atoms with Gasteiger partial charge in [-0.15, -0.1) is 0 Å². The maximum atomic E-state index is 12.0. The Balaban J connectivity index is 2.56. The van der Waals surface area contributed by atoms with Gasteiger partial charge >= 0.3 is 0 Å². The minimum Gasteiger partial charge on any atom is -0.383 e. The third-order valence-corrected chi connectivity index (χ3v) is 4.31. The Bertz CT molecular complexity index is 564. The molecule has 0 saturated heterocycles. The largest absolute Gasteiger partial charge is 0.383 e. The zero-order chi connectivity index (χ0) is 15.9. The van der Waals surface area contributed by atoms with E-state index in [9.17, 15) is 13.2 Å². The summed E-state index contributed by atoms with van der Waals surface area (Å²) in [6, 6.07) is 5.63. The van der Waals surface area contributed by atoms with Crippen molar-refractivity contribution >= 4 is 15.9 Å². The predicted molar refractivity (Wildman–Crippen MR) is 81.4 cm³/mol. The SMILES string of the molecule is COCCNC(=O)CNS(=O)(=O)Cc1c(C)cccc1C. The Morgan fingerprint density at radius 3 is 2.43 bits per heavy atom. The van der Waals surface area contributed by atoms with E-state index in [2.05, 4.69) is 10.0 Å². The van der Waals surface area contributed by atoms with Gasteiger partial charge in [-0.1, -0.05) is 18.2 Å². The molecule has 0 bridgehead atoms. The topological polar surface area (TPSA) is 84.5 Å². The number of sulfonamides is 1. The fraction of sp³-hybridized carbons (Fsp3) is 0.500. The maximum Gasteiger partial charge on any atom is 0.235 e. The normalized spacial score (nSPS) is 11.4. The molecular formula is C14H22N2O4S. The number of amides is 1. The van der Waals surface area contributed by atoms with Crippen molar-refractivity contribution in [2.24, 2.45) is 0 Å². The van der Waals surface area contributed by atoms with Gasteiger partial charge in [0.15, 0.2) is 0 Å². The van der Waals surface area contributed by atoms with Crippen molar-refractivity contribution in [1.82, 2.24) is 10.0 Å². The van der Waals surface area contributed by atoms with Crippen LogP contribution >= 0.6 is 0 Å². The standard InChI is InChI=1S/C14H22N2O4S/c1-11-5-4-6-12(2)13(11)10-21(18,19)16-9-14(17)15-7-8-20-3/h4-6,16H,7-10H2,1-3H3,(H,15,17). The van der Waals surface area contributed by atoms with Gasteiger partial charge in [0.05, 0.1) is 18.9 Å². The number of hydrogen-bond donors (Lipinski definition) is 2. The molecule has 0 spiro atoms. The summed E-state index contributed by atoms with van der Waals surface area (Å²) in [4.78, 5) is 11.5. The Morgan fingerprint density at radius 1 is 1.24 bits per heavy atom. The summed E-state index contributed by atoms with van der Waals surface area (Å²) >= 11 is 0. The lowest BCUT2D eigenvalue weighted by Crippen LogP contribution is -2.38. The van der Waals surface area contributed by atoms with E-state index < -0.39 is 10.0 Å². The molecule has 0 fully saturated rings. The highest BCUT2D eigenvalue weighted by Crippen LogP contribution is 2.15. The lowest BCUT2D eigenvalue weighted by Gasteiger charge is -2.11. The average Bonchev–Trinajstić information content (AvgIpc) is 2.41. The van der Waals surface area contributed by atoms with E-state index in [1.807, 2.05) is 32.0 Å². The van der Waals surface area contributed by atoms with Gasteiger partial charge in [-0.3, -0.25) is 4.79 Å². The first-order chi connectivity index (χ1) is 9.85. The molecule has 1 aromatic carbocycles. The first-order valence-electron chi connectivity index (χ1n) is 6.64. The highest BCUT2D eigenvalue weighted by Gasteiger charge is 2.15. The molecule has 0 aliphatic carbocycles. The van der Waals surface area contributed by atoms with E-state index in [-0.39, 0.29) is 18.2 Å². The molecule has 0 heterocycles. The third-order valence-electron chi connectivity index (χ3n) is 3.06. The first-order valence-corrected chi connectivity index (χ1v) is 8.29. The smallest absolute Gasteiger partial charge is 0.235 e. The monoisotopic (exact) mass is 314 g/mol. The molecule has 1 rings (SSSR count). The Labute approximate surface area is 125 Å². The predicted octanol–water partition coefficient (Wildman–Crippen LogP) is 0.485. The van der Waals surface area contributed by atoms with Gasteiger partial charge in [0.25, 0.3) is 0 Å². The van der Waals surface area contributed by atoms with Crippen LogP contribution in [0.5, 0.6) is 0 Å². The minimum atomic E-state index is -3.55. The van der Waals surface area contributed by atoms with Gasteiger partial charge in [0.2, 0.25) is 15.9 Å². The number of nitrogens with one attached hydrogen (secondary N) is 2. The molecule has 118 valence electrons. The number of hydrogen-bond acceptors (Lipinski definition) is 4. The molecule has 0 saturated carbocycles. The van der Waals surface area contributed by atoms with Gasteiger partial charge in [0, 0.05) is 13.7 Å². The number of rotatable bonds is 8. The van der Waals surface area contributed by atoms with Gasteiger partial charge < -0.3 is 10.1 Å². The van der Waals surface area contributed by atoms with E-state index >= 15 is 0 Å². The summed E-state index contributed by atoms with van der Waals surface area (Å²) in [5.41, 5.74) is 2.61. The Hall–Kier alpha value is -1.44. The molecular weight excluding hydrogens is 292 g/mol. The van der Waals surface area contributed by atoms with Gasteiger partial charge in [-0.05, 0) is 30.5 Å². The van der Waals surface area contributed by atoms with Crippen LogP contribution in [-0.2, 0) is 25.3 Å². The van der Waals surface area contributed by atoms with E-state index in [0.717, 1.165) is 16.7 Å². The maximum absolute atomic E-state index is 12.0. The van der Waals surface area contributed by atoms with Gasteiger partial charge in [-0.2, -0.15) is 0 Å². The van der Waals surface area contributed by atoms with Crippen LogP contribution in [0.3, 0.4) is 0 Å². The van der Waals surface area contributed by atoms with Crippen LogP contribution < -0.4 is 10.0 Å². The second-order valence-corrected chi connectivity index (χ2v) is 6.60. The molecule has 0 radical (unpaired) electrons. The quantitative estimate of drug-likeness (QED) is 0.684. The molecule has 7 heteroatoms. The Morgan fingerprint density at radius 2 is 1.86 bits per heavy atom. The van der Waals surface area contributed by atoms with Crippen molar-refractivity contribution in [2.45, 2.75) is 19.6 Å². The summed E-state index contributed by atoms with van der Waals surface area (Å²) in [6.45, 7) is 4.22. The molecule has 21 heavy (non-hydrogen) atoms. The van der Waals surface area contributed by atoms with Crippen molar-refractivity contribution in [1.29, 1.82) is 0 Å². The van der Waals surface area contributed by atoms with E-state index in [1.165, 1.54) is 7.11 Å². The molecule has 0 atom stereocenters. The molecule has 1 amide bonds. The summed E-state index contributed by atoms with van der Waals surface area (Å²) in [7, 11) is -2.02. The van der Waals surface area contributed by atoms with Crippen molar-refractivity contribution in [2.75, 3.05) is 26.8 Å². The van der Waals surface area contributed by atoms with Crippen molar-refractivity contribution in [3.63, 3.8) is 0 Å². The fourth-order valence-electron chi connectivity index (χ4n) is 1.85. The molecule has 2 N–H and O–H groups in total. The molecule has 6 nitrogen and oxygen atoms in total. The highest BCUT2D eigenvalue weighted by atomic mass is 32.2. The van der Waals surface area contributed by atoms with Crippen LogP contribution in [0.4, 0.5) is 0 Å². The number of carbonyl (C=O) groups is 1. The lowest BCUT2D eigenvalue weighted by molar-refractivity contribution is -0.120. The van der Waals surface area contributed by atoms with Crippen LogP contribution in [0.2, 0.25) is 0 Å². The number of aryl methyl sites for hydroxylation is 2. The zero-order valence-corrected chi connectivity index (χ0v) is 13.4. The van der Waals surface area contributed by atoms with Crippen LogP contribution in [0.25, 0.3) is 0 Å². The summed E-state index contributed by atoms with van der Waals surface area (Å²) in [6.07, 6.45) is 0. The minimum absolute atomic E-state index is 0.128. The molecule has 0 unspecified atom stereocenters. The summed E-state index contributed by atoms with van der Waals surface area (Å²) in [5.74, 6) is -0.506. The lowest BCUT2D eigenvalue weighted by atomic mass is 10.1. The van der Waals surface area contributed by atoms with Crippen molar-refractivity contribution in [3.8, 4) is 0 Å². The van der Waals surface area contributed by atoms with Crippen LogP contribution in [0, 0.1) is 13.8 Å². The average molecular weight is 314 g/mol. The van der Waals surface area contributed by atoms with E-state index in [1.54, 1.807) is 0 Å². The number of ether oxygens (including phenoxy) is 1. The first kappa shape index (κ1) is 17.6. The second kappa shape index (κ2) is 8.11.